The van der Waals surface area contributed by atoms with Crippen molar-refractivity contribution in [3.8, 4) is 0 Å². The van der Waals surface area contributed by atoms with Crippen LogP contribution in [0.4, 0.5) is 0 Å². The smallest absolute Gasteiger partial charge is 0.226 e. The van der Waals surface area contributed by atoms with Gasteiger partial charge in [-0.05, 0) is 19.8 Å². The summed E-state index contributed by atoms with van der Waals surface area (Å²) >= 11 is 0. The number of amides is 2. The van der Waals surface area contributed by atoms with Gasteiger partial charge in [0.25, 0.3) is 0 Å². The molecule has 0 aliphatic carbocycles. The van der Waals surface area contributed by atoms with Gasteiger partial charge in [0.15, 0.2) is 0 Å². The summed E-state index contributed by atoms with van der Waals surface area (Å²) in [7, 11) is 0. The fourth-order valence-electron chi connectivity index (χ4n) is 1.37. The van der Waals surface area contributed by atoms with Crippen LogP contribution in [0.15, 0.2) is 0 Å². The van der Waals surface area contributed by atoms with E-state index >= 15 is 0 Å². The molecule has 0 atom stereocenters. The van der Waals surface area contributed by atoms with Gasteiger partial charge < -0.3 is 4.74 Å². The summed E-state index contributed by atoms with van der Waals surface area (Å²) in [6.07, 6.45) is 1.84. The molecule has 4 heteroatoms. The Morgan fingerprint density at radius 3 is 1.88 bits per heavy atom. The van der Waals surface area contributed by atoms with Crippen LogP contribution in [-0.4, -0.2) is 35.5 Å². The van der Waals surface area contributed by atoms with Crippen molar-refractivity contribution in [3.05, 3.63) is 0 Å². The van der Waals surface area contributed by atoms with Crippen LogP contribution in [0.3, 0.4) is 0 Å². The van der Waals surface area contributed by atoms with Gasteiger partial charge in [-0.3, -0.25) is 14.5 Å². The van der Waals surface area contributed by atoms with E-state index in [0.717, 1.165) is 12.8 Å². The average molecular weight is 229 g/mol. The Balaban J connectivity index is 4.14. The molecule has 0 heterocycles. The van der Waals surface area contributed by atoms with Crippen molar-refractivity contribution in [1.82, 2.24) is 4.90 Å². The SMILES string of the molecule is CCC(C)(CC)OCCN(C(C)=O)C(C)=O. The van der Waals surface area contributed by atoms with E-state index in [-0.39, 0.29) is 17.4 Å². The molecule has 0 aromatic rings. The highest BCUT2D eigenvalue weighted by Gasteiger charge is 2.21. The summed E-state index contributed by atoms with van der Waals surface area (Å²) in [4.78, 5) is 23.5. The maximum atomic E-state index is 11.1. The molecule has 0 unspecified atom stereocenters. The first kappa shape index (κ1) is 15.1. The highest BCUT2D eigenvalue weighted by Crippen LogP contribution is 2.18. The molecular weight excluding hydrogens is 206 g/mol. The third-order valence-electron chi connectivity index (χ3n) is 3.02. The maximum Gasteiger partial charge on any atom is 0.226 e. The minimum absolute atomic E-state index is 0.154. The zero-order chi connectivity index (χ0) is 12.8. The molecule has 4 nitrogen and oxygen atoms in total. The van der Waals surface area contributed by atoms with Crippen molar-refractivity contribution < 1.29 is 14.3 Å². The van der Waals surface area contributed by atoms with E-state index in [4.69, 9.17) is 4.74 Å². The standard InChI is InChI=1S/C12H23NO3/c1-6-12(5,7-2)16-9-8-13(10(3)14)11(4)15/h6-9H2,1-5H3. The zero-order valence-corrected chi connectivity index (χ0v) is 11.0. The Hall–Kier alpha value is -0.900. The van der Waals surface area contributed by atoms with Gasteiger partial charge in [-0.1, -0.05) is 13.8 Å². The van der Waals surface area contributed by atoms with Crippen molar-refractivity contribution in [1.29, 1.82) is 0 Å². The van der Waals surface area contributed by atoms with E-state index in [1.165, 1.54) is 18.7 Å². The van der Waals surface area contributed by atoms with E-state index in [2.05, 4.69) is 13.8 Å². The average Bonchev–Trinajstić information content (AvgIpc) is 2.23. The predicted octanol–water partition coefficient (Wildman–Crippen LogP) is 1.98. The monoisotopic (exact) mass is 229 g/mol. The van der Waals surface area contributed by atoms with Gasteiger partial charge in [0.05, 0.1) is 18.8 Å². The van der Waals surface area contributed by atoms with E-state index in [1.54, 1.807) is 0 Å². The van der Waals surface area contributed by atoms with Gasteiger partial charge in [0, 0.05) is 13.8 Å². The highest BCUT2D eigenvalue weighted by molar-refractivity contribution is 5.92. The number of ether oxygens (including phenoxy) is 1. The molecule has 16 heavy (non-hydrogen) atoms. The Labute approximate surface area is 98.0 Å². The largest absolute Gasteiger partial charge is 0.373 e. The molecule has 0 aromatic heterocycles. The minimum atomic E-state index is -0.231. The molecule has 0 radical (unpaired) electrons. The van der Waals surface area contributed by atoms with E-state index in [1.807, 2.05) is 6.92 Å². The van der Waals surface area contributed by atoms with Crippen molar-refractivity contribution in [2.24, 2.45) is 0 Å². The molecule has 0 aromatic carbocycles. The van der Waals surface area contributed by atoms with Crippen molar-refractivity contribution >= 4 is 11.8 Å². The molecule has 0 saturated carbocycles. The first-order chi connectivity index (χ1) is 7.36. The number of carbonyl (C=O) groups excluding carboxylic acids is 2. The molecule has 0 aliphatic heterocycles. The highest BCUT2D eigenvalue weighted by atomic mass is 16.5. The van der Waals surface area contributed by atoms with Crippen LogP contribution in [0.25, 0.3) is 0 Å². The van der Waals surface area contributed by atoms with Gasteiger partial charge in [-0.2, -0.15) is 0 Å². The molecule has 2 amide bonds. The van der Waals surface area contributed by atoms with Crippen LogP contribution in [0, 0.1) is 0 Å². The van der Waals surface area contributed by atoms with Crippen LogP contribution in [0.5, 0.6) is 0 Å². The number of hydrogen-bond donors (Lipinski definition) is 0. The first-order valence-electron chi connectivity index (χ1n) is 5.79. The van der Waals surface area contributed by atoms with Crippen LogP contribution in [-0.2, 0) is 14.3 Å². The second-order valence-electron chi connectivity index (χ2n) is 4.20. The minimum Gasteiger partial charge on any atom is -0.373 e. The third-order valence-corrected chi connectivity index (χ3v) is 3.02. The second-order valence-corrected chi connectivity index (χ2v) is 4.20. The summed E-state index contributed by atoms with van der Waals surface area (Å²) in [5.41, 5.74) is -0.154. The van der Waals surface area contributed by atoms with Gasteiger partial charge >= 0.3 is 0 Å². The number of carbonyl (C=O) groups is 2. The number of nitrogens with zero attached hydrogens (tertiary/aromatic N) is 1. The van der Waals surface area contributed by atoms with Gasteiger partial charge in [0.2, 0.25) is 11.8 Å². The molecule has 94 valence electrons. The van der Waals surface area contributed by atoms with Crippen LogP contribution >= 0.6 is 0 Å². The van der Waals surface area contributed by atoms with Gasteiger partial charge in [-0.15, -0.1) is 0 Å². The topological polar surface area (TPSA) is 46.6 Å². The predicted molar refractivity (Wildman–Crippen MR) is 63.0 cm³/mol. The quantitative estimate of drug-likeness (QED) is 0.699. The fourth-order valence-corrected chi connectivity index (χ4v) is 1.37. The lowest BCUT2D eigenvalue weighted by Crippen LogP contribution is -2.38. The Bertz CT molecular complexity index is 233. The molecule has 0 spiro atoms. The molecule has 0 bridgehead atoms. The van der Waals surface area contributed by atoms with E-state index < -0.39 is 0 Å². The van der Waals surface area contributed by atoms with Crippen molar-refractivity contribution in [3.63, 3.8) is 0 Å². The molecule has 0 aliphatic rings. The molecule has 0 saturated heterocycles. The number of rotatable bonds is 6. The van der Waals surface area contributed by atoms with Crippen LogP contribution in [0.2, 0.25) is 0 Å². The molecule has 0 N–H and O–H groups in total. The number of hydrogen-bond acceptors (Lipinski definition) is 3. The normalized spacial score (nSPS) is 11.3. The lowest BCUT2D eigenvalue weighted by Gasteiger charge is -2.28. The van der Waals surface area contributed by atoms with Crippen molar-refractivity contribution in [2.75, 3.05) is 13.2 Å². The molecular formula is C12H23NO3. The second kappa shape index (κ2) is 6.63. The number of imide groups is 1. The Kier molecular flexibility index (Phi) is 6.26. The van der Waals surface area contributed by atoms with E-state index in [0.29, 0.717) is 13.2 Å². The summed E-state index contributed by atoms with van der Waals surface area (Å²) in [5.74, 6) is -0.461. The lowest BCUT2D eigenvalue weighted by atomic mass is 10.0. The third kappa shape index (κ3) is 4.75. The summed E-state index contributed by atoms with van der Waals surface area (Å²) < 4.78 is 5.71. The first-order valence-corrected chi connectivity index (χ1v) is 5.79. The fraction of sp³-hybridized carbons (Fsp3) is 0.833. The zero-order valence-electron chi connectivity index (χ0n) is 11.0. The summed E-state index contributed by atoms with van der Waals surface area (Å²) in [6.45, 7) is 9.69. The Morgan fingerprint density at radius 2 is 1.56 bits per heavy atom. The summed E-state index contributed by atoms with van der Waals surface area (Å²) in [5, 5.41) is 0. The lowest BCUT2D eigenvalue weighted by molar-refractivity contribution is -0.144. The van der Waals surface area contributed by atoms with Crippen molar-refractivity contribution in [2.45, 2.75) is 53.1 Å². The van der Waals surface area contributed by atoms with Crippen LogP contribution < -0.4 is 0 Å². The molecule has 0 fully saturated rings. The van der Waals surface area contributed by atoms with E-state index in [9.17, 15) is 9.59 Å². The van der Waals surface area contributed by atoms with Gasteiger partial charge in [0.1, 0.15) is 0 Å². The van der Waals surface area contributed by atoms with Crippen LogP contribution in [0.1, 0.15) is 47.5 Å². The maximum absolute atomic E-state index is 11.1. The Morgan fingerprint density at radius 1 is 1.12 bits per heavy atom. The summed E-state index contributed by atoms with van der Waals surface area (Å²) in [6, 6.07) is 0. The van der Waals surface area contributed by atoms with Gasteiger partial charge in [-0.25, -0.2) is 0 Å². The molecule has 0 rings (SSSR count).